The third-order valence-electron chi connectivity index (χ3n) is 3.10. The second kappa shape index (κ2) is 6.97. The zero-order valence-corrected chi connectivity index (χ0v) is 12.8. The van der Waals surface area contributed by atoms with Crippen molar-refractivity contribution in [2.45, 2.75) is 39.7 Å². The Morgan fingerprint density at radius 1 is 1.38 bits per heavy atom. The second-order valence-electron chi connectivity index (χ2n) is 5.31. The van der Waals surface area contributed by atoms with Crippen LogP contribution < -0.4 is 15.8 Å². The SMILES string of the molecule is Cc1[nH]ncc1CCCNc1ccc(N)c(OC(C)C)n1. The average molecular weight is 289 g/mol. The number of hydrogen-bond donors (Lipinski definition) is 3. The first kappa shape index (κ1) is 15.2. The van der Waals surface area contributed by atoms with Crippen LogP contribution in [0.1, 0.15) is 31.5 Å². The third-order valence-corrected chi connectivity index (χ3v) is 3.10. The highest BCUT2D eigenvalue weighted by Gasteiger charge is 2.06. The molecule has 2 rings (SSSR count). The molecule has 0 atom stereocenters. The van der Waals surface area contributed by atoms with Crippen molar-refractivity contribution in [1.29, 1.82) is 0 Å². The van der Waals surface area contributed by atoms with Gasteiger partial charge in [0.25, 0.3) is 0 Å². The number of anilines is 2. The molecule has 0 spiro atoms. The number of pyridine rings is 1. The number of aryl methyl sites for hydroxylation is 2. The number of aromatic nitrogens is 3. The average Bonchev–Trinajstić information content (AvgIpc) is 2.83. The van der Waals surface area contributed by atoms with Crippen molar-refractivity contribution >= 4 is 11.5 Å². The summed E-state index contributed by atoms with van der Waals surface area (Å²) in [6.07, 6.45) is 3.93. The quantitative estimate of drug-likeness (QED) is 0.682. The Bertz CT molecular complexity index is 579. The van der Waals surface area contributed by atoms with E-state index in [1.807, 2.05) is 39.1 Å². The van der Waals surface area contributed by atoms with Crippen molar-refractivity contribution in [3.63, 3.8) is 0 Å². The highest BCUT2D eigenvalue weighted by atomic mass is 16.5. The predicted octanol–water partition coefficient (Wildman–Crippen LogP) is 2.53. The molecule has 2 aromatic rings. The summed E-state index contributed by atoms with van der Waals surface area (Å²) in [5.74, 6) is 1.27. The first-order valence-electron chi connectivity index (χ1n) is 7.22. The summed E-state index contributed by atoms with van der Waals surface area (Å²) in [4.78, 5) is 4.39. The van der Waals surface area contributed by atoms with Crippen LogP contribution in [0.4, 0.5) is 11.5 Å². The van der Waals surface area contributed by atoms with Crippen LogP contribution in [0.2, 0.25) is 0 Å². The van der Waals surface area contributed by atoms with E-state index in [1.165, 1.54) is 5.56 Å². The highest BCUT2D eigenvalue weighted by molar-refractivity contribution is 5.53. The lowest BCUT2D eigenvalue weighted by molar-refractivity contribution is 0.234. The van der Waals surface area contributed by atoms with Crippen LogP contribution in [0, 0.1) is 6.92 Å². The second-order valence-corrected chi connectivity index (χ2v) is 5.31. The smallest absolute Gasteiger partial charge is 0.239 e. The van der Waals surface area contributed by atoms with Crippen molar-refractivity contribution in [3.05, 3.63) is 29.6 Å². The summed E-state index contributed by atoms with van der Waals surface area (Å²) in [6, 6.07) is 3.68. The van der Waals surface area contributed by atoms with E-state index in [1.54, 1.807) is 0 Å². The number of nitrogen functional groups attached to an aromatic ring is 1. The van der Waals surface area contributed by atoms with Crippen LogP contribution in [0.3, 0.4) is 0 Å². The van der Waals surface area contributed by atoms with Crippen molar-refractivity contribution in [2.75, 3.05) is 17.6 Å². The zero-order valence-electron chi connectivity index (χ0n) is 12.8. The normalized spacial score (nSPS) is 10.9. The van der Waals surface area contributed by atoms with Crippen LogP contribution in [-0.2, 0) is 6.42 Å². The van der Waals surface area contributed by atoms with E-state index < -0.39 is 0 Å². The minimum atomic E-state index is 0.0547. The lowest BCUT2D eigenvalue weighted by Crippen LogP contribution is -2.11. The molecule has 0 aliphatic heterocycles. The van der Waals surface area contributed by atoms with Gasteiger partial charge >= 0.3 is 0 Å². The fourth-order valence-electron chi connectivity index (χ4n) is 1.99. The number of ether oxygens (including phenoxy) is 1. The van der Waals surface area contributed by atoms with Gasteiger partial charge in [-0.25, -0.2) is 0 Å². The summed E-state index contributed by atoms with van der Waals surface area (Å²) in [5.41, 5.74) is 8.79. The Morgan fingerprint density at radius 2 is 2.19 bits per heavy atom. The van der Waals surface area contributed by atoms with E-state index in [0.29, 0.717) is 11.6 Å². The molecule has 0 fully saturated rings. The molecule has 2 heterocycles. The lowest BCUT2D eigenvalue weighted by atomic mass is 10.1. The van der Waals surface area contributed by atoms with E-state index in [4.69, 9.17) is 10.5 Å². The summed E-state index contributed by atoms with van der Waals surface area (Å²) >= 11 is 0. The van der Waals surface area contributed by atoms with Gasteiger partial charge in [-0.15, -0.1) is 0 Å². The molecule has 0 unspecified atom stereocenters. The van der Waals surface area contributed by atoms with Crippen molar-refractivity contribution < 1.29 is 4.74 Å². The standard InChI is InChI=1S/C15H23N5O/c1-10(2)21-15-13(16)6-7-14(19-15)17-8-4-5-12-9-18-20-11(12)3/h6-7,9-10H,4-5,8,16H2,1-3H3,(H,17,19)(H,18,20). The lowest BCUT2D eigenvalue weighted by Gasteiger charge is -2.13. The molecule has 114 valence electrons. The van der Waals surface area contributed by atoms with Gasteiger partial charge in [0, 0.05) is 12.2 Å². The fraction of sp³-hybridized carbons (Fsp3) is 0.467. The molecular formula is C15H23N5O. The van der Waals surface area contributed by atoms with Crippen LogP contribution in [0.5, 0.6) is 5.88 Å². The maximum atomic E-state index is 5.85. The first-order chi connectivity index (χ1) is 10.1. The van der Waals surface area contributed by atoms with E-state index in [9.17, 15) is 0 Å². The van der Waals surface area contributed by atoms with Gasteiger partial charge in [0.05, 0.1) is 18.0 Å². The van der Waals surface area contributed by atoms with Crippen molar-refractivity contribution in [1.82, 2.24) is 15.2 Å². The Morgan fingerprint density at radius 3 is 2.86 bits per heavy atom. The summed E-state index contributed by atoms with van der Waals surface area (Å²) in [7, 11) is 0. The van der Waals surface area contributed by atoms with Gasteiger partial charge in [-0.1, -0.05) is 0 Å². The predicted molar refractivity (Wildman–Crippen MR) is 84.5 cm³/mol. The van der Waals surface area contributed by atoms with Gasteiger partial charge in [0.1, 0.15) is 5.82 Å². The Balaban J connectivity index is 1.84. The minimum absolute atomic E-state index is 0.0547. The molecular weight excluding hydrogens is 266 g/mol. The van der Waals surface area contributed by atoms with Crippen LogP contribution >= 0.6 is 0 Å². The monoisotopic (exact) mass is 289 g/mol. The number of H-pyrrole nitrogens is 1. The van der Waals surface area contributed by atoms with Gasteiger partial charge in [0.2, 0.25) is 5.88 Å². The highest BCUT2D eigenvalue weighted by Crippen LogP contribution is 2.22. The van der Waals surface area contributed by atoms with Gasteiger partial charge in [0.15, 0.2) is 0 Å². The van der Waals surface area contributed by atoms with Gasteiger partial charge in [-0.05, 0) is 51.3 Å². The minimum Gasteiger partial charge on any atom is -0.473 e. The topological polar surface area (TPSA) is 88.9 Å². The molecule has 0 aromatic carbocycles. The molecule has 21 heavy (non-hydrogen) atoms. The van der Waals surface area contributed by atoms with E-state index in [2.05, 4.69) is 20.5 Å². The molecule has 0 bridgehead atoms. The third kappa shape index (κ3) is 4.37. The number of aromatic amines is 1. The molecule has 0 saturated carbocycles. The number of nitrogens with one attached hydrogen (secondary N) is 2. The summed E-state index contributed by atoms with van der Waals surface area (Å²) < 4.78 is 5.58. The number of nitrogens with zero attached hydrogens (tertiary/aromatic N) is 2. The largest absolute Gasteiger partial charge is 0.473 e. The van der Waals surface area contributed by atoms with Crippen molar-refractivity contribution in [2.24, 2.45) is 0 Å². The Hall–Kier alpha value is -2.24. The van der Waals surface area contributed by atoms with E-state index >= 15 is 0 Å². The molecule has 6 heteroatoms. The van der Waals surface area contributed by atoms with Crippen LogP contribution in [0.25, 0.3) is 0 Å². The Labute approximate surface area is 125 Å². The van der Waals surface area contributed by atoms with Crippen molar-refractivity contribution in [3.8, 4) is 5.88 Å². The summed E-state index contributed by atoms with van der Waals surface area (Å²) in [5, 5.41) is 10.3. The molecule has 0 aliphatic rings. The number of rotatable bonds is 7. The van der Waals surface area contributed by atoms with Gasteiger partial charge in [-0.3, -0.25) is 5.10 Å². The molecule has 4 N–H and O–H groups in total. The first-order valence-corrected chi connectivity index (χ1v) is 7.22. The molecule has 0 aliphatic carbocycles. The maximum absolute atomic E-state index is 5.85. The summed E-state index contributed by atoms with van der Waals surface area (Å²) in [6.45, 7) is 6.78. The van der Waals surface area contributed by atoms with Crippen LogP contribution in [-0.4, -0.2) is 27.8 Å². The molecule has 2 aromatic heterocycles. The maximum Gasteiger partial charge on any atom is 0.239 e. The Kier molecular flexibility index (Phi) is 5.03. The molecule has 0 radical (unpaired) electrons. The molecule has 6 nitrogen and oxygen atoms in total. The number of nitrogens with two attached hydrogens (primary N) is 1. The number of hydrogen-bond acceptors (Lipinski definition) is 5. The van der Waals surface area contributed by atoms with E-state index in [-0.39, 0.29) is 6.10 Å². The zero-order chi connectivity index (χ0) is 15.2. The molecule has 0 saturated heterocycles. The van der Waals surface area contributed by atoms with E-state index in [0.717, 1.165) is 30.9 Å². The van der Waals surface area contributed by atoms with Gasteiger partial charge < -0.3 is 15.8 Å². The van der Waals surface area contributed by atoms with Crippen LogP contribution in [0.15, 0.2) is 18.3 Å². The van der Waals surface area contributed by atoms with Gasteiger partial charge in [-0.2, -0.15) is 10.1 Å². The fourth-order valence-corrected chi connectivity index (χ4v) is 1.99. The molecule has 0 amide bonds.